The highest BCUT2D eigenvalue weighted by atomic mass is 35.5. The van der Waals surface area contributed by atoms with Crippen LogP contribution in [0.3, 0.4) is 0 Å². The van der Waals surface area contributed by atoms with Gasteiger partial charge in [-0.3, -0.25) is 0 Å². The van der Waals surface area contributed by atoms with Gasteiger partial charge in [-0.1, -0.05) is 65.3 Å². The fourth-order valence-corrected chi connectivity index (χ4v) is 6.49. The number of nitrogens with two attached hydrogens (primary N) is 1. The summed E-state index contributed by atoms with van der Waals surface area (Å²) >= 11 is 13.9. The van der Waals surface area contributed by atoms with Crippen LogP contribution in [-0.4, -0.2) is 28.2 Å². The molecule has 0 radical (unpaired) electrons. The van der Waals surface area contributed by atoms with E-state index in [1.54, 1.807) is 6.07 Å². The van der Waals surface area contributed by atoms with Gasteiger partial charge in [0, 0.05) is 24.0 Å². The number of piperidine rings is 1. The SMILES string of the molecule is Cc1nc(N2CCC3(CC2)Cc2ccccc2C3N)c(CO)nc1Sc1cccc(Cl)c1Cl. The lowest BCUT2D eigenvalue weighted by atomic mass is 9.73. The Bertz CT molecular complexity index is 1200. The predicted octanol–water partition coefficient (Wildman–Crippen LogP) is 5.58. The zero-order chi connectivity index (χ0) is 23.2. The first kappa shape index (κ1) is 22.9. The van der Waals surface area contributed by atoms with Crippen molar-refractivity contribution in [2.45, 2.75) is 48.8 Å². The van der Waals surface area contributed by atoms with Crippen LogP contribution in [-0.2, 0) is 13.0 Å². The molecule has 1 spiro atoms. The van der Waals surface area contributed by atoms with Crippen molar-refractivity contribution in [3.8, 4) is 0 Å². The Kier molecular flexibility index (Phi) is 6.31. The molecule has 0 saturated carbocycles. The Hall–Kier alpha value is -1.83. The fraction of sp³-hybridized carbons (Fsp3) is 0.360. The van der Waals surface area contributed by atoms with Gasteiger partial charge in [-0.15, -0.1) is 0 Å². The van der Waals surface area contributed by atoms with Crippen LogP contribution in [0.2, 0.25) is 10.0 Å². The average Bonchev–Trinajstić information content (AvgIpc) is 3.09. The van der Waals surface area contributed by atoms with Gasteiger partial charge in [-0.05, 0) is 54.9 Å². The van der Waals surface area contributed by atoms with Crippen molar-refractivity contribution in [2.24, 2.45) is 11.1 Å². The maximum absolute atomic E-state index is 10.1. The second kappa shape index (κ2) is 9.08. The van der Waals surface area contributed by atoms with E-state index in [2.05, 4.69) is 29.2 Å². The second-order valence-corrected chi connectivity index (χ2v) is 10.7. The minimum absolute atomic E-state index is 0.0715. The van der Waals surface area contributed by atoms with Crippen molar-refractivity contribution in [2.75, 3.05) is 18.0 Å². The number of aryl methyl sites for hydroxylation is 1. The molecule has 2 heterocycles. The van der Waals surface area contributed by atoms with Crippen LogP contribution in [0, 0.1) is 12.3 Å². The van der Waals surface area contributed by atoms with Gasteiger partial charge in [0.25, 0.3) is 0 Å². The van der Waals surface area contributed by atoms with E-state index >= 15 is 0 Å². The molecule has 5 nitrogen and oxygen atoms in total. The Balaban J connectivity index is 1.36. The highest BCUT2D eigenvalue weighted by molar-refractivity contribution is 7.99. The second-order valence-electron chi connectivity index (χ2n) is 8.90. The molecule has 1 unspecified atom stereocenters. The van der Waals surface area contributed by atoms with Gasteiger partial charge < -0.3 is 15.7 Å². The van der Waals surface area contributed by atoms with Gasteiger partial charge in [-0.2, -0.15) is 0 Å². The molecular weight excluding hydrogens is 475 g/mol. The number of aromatic nitrogens is 2. The molecule has 1 aromatic heterocycles. The van der Waals surface area contributed by atoms with Gasteiger partial charge in [0.1, 0.15) is 10.7 Å². The summed E-state index contributed by atoms with van der Waals surface area (Å²) < 4.78 is 0. The Labute approximate surface area is 208 Å². The molecule has 0 bridgehead atoms. The first-order valence-electron chi connectivity index (χ1n) is 11.1. The molecule has 0 amide bonds. The summed E-state index contributed by atoms with van der Waals surface area (Å²) in [5.74, 6) is 0.760. The summed E-state index contributed by atoms with van der Waals surface area (Å²) in [5.41, 5.74) is 10.9. The van der Waals surface area contributed by atoms with Crippen LogP contribution < -0.4 is 10.6 Å². The third-order valence-corrected chi connectivity index (χ3v) is 9.07. The lowest BCUT2D eigenvalue weighted by Crippen LogP contribution is -2.45. The largest absolute Gasteiger partial charge is 0.390 e. The topological polar surface area (TPSA) is 75.3 Å². The van der Waals surface area contributed by atoms with E-state index in [0.717, 1.165) is 48.8 Å². The normalized spacial score (nSPS) is 19.2. The van der Waals surface area contributed by atoms with Gasteiger partial charge in [-0.25, -0.2) is 9.97 Å². The summed E-state index contributed by atoms with van der Waals surface area (Å²) in [6, 6.07) is 14.1. The van der Waals surface area contributed by atoms with E-state index in [9.17, 15) is 5.11 Å². The summed E-state index contributed by atoms with van der Waals surface area (Å²) in [4.78, 5) is 12.7. The number of nitrogens with zero attached hydrogens (tertiary/aromatic N) is 3. The van der Waals surface area contributed by atoms with Crippen LogP contribution >= 0.6 is 35.0 Å². The third-order valence-electron chi connectivity index (χ3n) is 7.00. The summed E-state index contributed by atoms with van der Waals surface area (Å²) in [6.45, 7) is 3.45. The zero-order valence-corrected chi connectivity index (χ0v) is 20.7. The standard InChI is InChI=1S/C25H26Cl2N4OS/c1-15-24(33-20-8-4-7-18(26)21(20)27)30-19(14-32)23(29-15)31-11-9-25(10-12-31)13-16-5-2-3-6-17(16)22(25)28/h2-8,22,32H,9-14,28H2,1H3. The van der Waals surface area contributed by atoms with Crippen molar-refractivity contribution < 1.29 is 5.11 Å². The van der Waals surface area contributed by atoms with Crippen LogP contribution in [0.25, 0.3) is 0 Å². The maximum Gasteiger partial charge on any atom is 0.153 e. The smallest absolute Gasteiger partial charge is 0.153 e. The highest BCUT2D eigenvalue weighted by Gasteiger charge is 2.46. The number of aliphatic hydroxyl groups excluding tert-OH is 1. The fourth-order valence-electron chi connectivity index (χ4n) is 5.12. The number of fused-ring (bicyclic) bond motifs is 1. The van der Waals surface area contributed by atoms with E-state index in [-0.39, 0.29) is 18.1 Å². The van der Waals surface area contributed by atoms with Crippen molar-refractivity contribution >= 4 is 40.8 Å². The van der Waals surface area contributed by atoms with E-state index in [0.29, 0.717) is 20.8 Å². The molecule has 3 aromatic rings. The molecule has 3 N–H and O–H groups in total. The molecule has 1 aliphatic heterocycles. The quantitative estimate of drug-likeness (QED) is 0.486. The Morgan fingerprint density at radius 2 is 1.88 bits per heavy atom. The van der Waals surface area contributed by atoms with Gasteiger partial charge in [0.05, 0.1) is 22.3 Å². The zero-order valence-electron chi connectivity index (χ0n) is 18.4. The Morgan fingerprint density at radius 1 is 1.12 bits per heavy atom. The van der Waals surface area contributed by atoms with E-state index in [4.69, 9.17) is 38.9 Å². The molecule has 1 atom stereocenters. The highest BCUT2D eigenvalue weighted by Crippen LogP contribution is 2.51. The number of aliphatic hydroxyl groups is 1. The molecule has 172 valence electrons. The predicted molar refractivity (Wildman–Crippen MR) is 134 cm³/mol. The maximum atomic E-state index is 10.1. The van der Waals surface area contributed by atoms with Crippen molar-refractivity contribution in [3.05, 3.63) is 75.0 Å². The van der Waals surface area contributed by atoms with Crippen LogP contribution in [0.4, 0.5) is 5.82 Å². The van der Waals surface area contributed by atoms with Crippen molar-refractivity contribution in [1.29, 1.82) is 0 Å². The molecule has 5 rings (SSSR count). The molecule has 1 aliphatic carbocycles. The van der Waals surface area contributed by atoms with E-state index in [1.807, 2.05) is 19.1 Å². The number of halogens is 2. The van der Waals surface area contributed by atoms with Gasteiger partial charge >= 0.3 is 0 Å². The summed E-state index contributed by atoms with van der Waals surface area (Å²) in [6.07, 6.45) is 3.01. The first-order chi connectivity index (χ1) is 15.9. The summed E-state index contributed by atoms with van der Waals surface area (Å²) in [7, 11) is 0. The average molecular weight is 501 g/mol. The van der Waals surface area contributed by atoms with Crippen LogP contribution in [0.5, 0.6) is 0 Å². The van der Waals surface area contributed by atoms with Crippen molar-refractivity contribution in [3.63, 3.8) is 0 Å². The number of rotatable bonds is 4. The molecule has 8 heteroatoms. The molecule has 2 aliphatic rings. The van der Waals surface area contributed by atoms with E-state index < -0.39 is 0 Å². The summed E-state index contributed by atoms with van der Waals surface area (Å²) in [5, 5.41) is 11.8. The third kappa shape index (κ3) is 4.13. The monoisotopic (exact) mass is 500 g/mol. The lowest BCUT2D eigenvalue weighted by Gasteiger charge is -2.43. The lowest BCUT2D eigenvalue weighted by molar-refractivity contribution is 0.186. The Morgan fingerprint density at radius 3 is 2.61 bits per heavy atom. The number of hydrogen-bond acceptors (Lipinski definition) is 6. The van der Waals surface area contributed by atoms with Crippen LogP contribution in [0.1, 0.15) is 41.4 Å². The number of anilines is 1. The number of hydrogen-bond donors (Lipinski definition) is 2. The van der Waals surface area contributed by atoms with Gasteiger partial charge in [0.2, 0.25) is 0 Å². The minimum atomic E-state index is -0.175. The molecule has 2 aromatic carbocycles. The first-order valence-corrected chi connectivity index (χ1v) is 12.7. The van der Waals surface area contributed by atoms with Crippen molar-refractivity contribution in [1.82, 2.24) is 9.97 Å². The molecular formula is C25H26Cl2N4OS. The van der Waals surface area contributed by atoms with Gasteiger partial charge in [0.15, 0.2) is 5.82 Å². The van der Waals surface area contributed by atoms with E-state index in [1.165, 1.54) is 22.9 Å². The molecule has 1 fully saturated rings. The van der Waals surface area contributed by atoms with Crippen LogP contribution in [0.15, 0.2) is 52.4 Å². The molecule has 33 heavy (non-hydrogen) atoms. The molecule has 1 saturated heterocycles. The number of benzene rings is 2. The minimum Gasteiger partial charge on any atom is -0.390 e.